The van der Waals surface area contributed by atoms with Crippen molar-refractivity contribution in [3.05, 3.63) is 42.4 Å². The summed E-state index contributed by atoms with van der Waals surface area (Å²) in [4.78, 5) is 22.0. The number of amidine groups is 1. The molecular weight excluding hydrogens is 332 g/mol. The van der Waals surface area contributed by atoms with Gasteiger partial charge < -0.3 is 15.5 Å². The summed E-state index contributed by atoms with van der Waals surface area (Å²) in [5, 5.41) is 5.69. The van der Waals surface area contributed by atoms with Crippen LogP contribution in [0.1, 0.15) is 0 Å². The fraction of sp³-hybridized carbons (Fsp3) is 0.286. The van der Waals surface area contributed by atoms with Crippen LogP contribution in [0.5, 0.6) is 0 Å². The van der Waals surface area contributed by atoms with Crippen LogP contribution in [0.2, 0.25) is 0 Å². The van der Waals surface area contributed by atoms with Gasteiger partial charge in [0, 0.05) is 38.2 Å². The van der Waals surface area contributed by atoms with E-state index in [2.05, 4.69) is 25.0 Å². The summed E-state index contributed by atoms with van der Waals surface area (Å²) in [7, 11) is -3.52. The van der Waals surface area contributed by atoms with Crippen LogP contribution >= 0.6 is 0 Å². The lowest BCUT2D eigenvalue weighted by Gasteiger charge is -2.28. The topological polar surface area (TPSA) is 117 Å². The molecule has 0 aliphatic carbocycles. The third-order valence-corrected chi connectivity index (χ3v) is 4.51. The van der Waals surface area contributed by atoms with Crippen molar-refractivity contribution in [3.8, 4) is 0 Å². The molecular formula is C14H16N6O3S. The number of aromatic nitrogens is 2. The molecule has 0 fully saturated rings. The molecule has 2 aliphatic heterocycles. The van der Waals surface area contributed by atoms with E-state index in [1.807, 2.05) is 0 Å². The van der Waals surface area contributed by atoms with Gasteiger partial charge in [-0.2, -0.15) is 0 Å². The van der Waals surface area contributed by atoms with E-state index < -0.39 is 10.0 Å². The monoisotopic (exact) mass is 348 g/mol. The lowest BCUT2D eigenvalue weighted by atomic mass is 10.1. The molecule has 126 valence electrons. The van der Waals surface area contributed by atoms with Crippen LogP contribution in [0.3, 0.4) is 0 Å². The summed E-state index contributed by atoms with van der Waals surface area (Å²) in [6, 6.07) is 1.71. The first-order valence-electron chi connectivity index (χ1n) is 7.32. The van der Waals surface area contributed by atoms with E-state index >= 15 is 0 Å². The van der Waals surface area contributed by atoms with Crippen molar-refractivity contribution in [1.82, 2.24) is 20.2 Å². The normalized spacial score (nSPS) is 18.2. The molecule has 0 saturated carbocycles. The highest BCUT2D eigenvalue weighted by molar-refractivity contribution is 7.90. The van der Waals surface area contributed by atoms with Gasteiger partial charge in [-0.1, -0.05) is 0 Å². The van der Waals surface area contributed by atoms with Crippen molar-refractivity contribution >= 4 is 27.7 Å². The number of nitrogens with zero attached hydrogens (tertiary/aromatic N) is 4. The molecule has 2 N–H and O–H groups in total. The summed E-state index contributed by atoms with van der Waals surface area (Å²) in [6.07, 6.45) is 8.19. The second kappa shape index (κ2) is 6.79. The molecule has 0 radical (unpaired) electrons. The molecule has 24 heavy (non-hydrogen) atoms. The Bertz CT molecular complexity index is 816. The molecule has 1 aromatic rings. The summed E-state index contributed by atoms with van der Waals surface area (Å²) >= 11 is 0. The Morgan fingerprint density at radius 2 is 2.04 bits per heavy atom. The van der Waals surface area contributed by atoms with Gasteiger partial charge in [0.05, 0.1) is 11.3 Å². The number of nitrogens with one attached hydrogen (secondary N) is 2. The van der Waals surface area contributed by atoms with Crippen LogP contribution < -0.4 is 10.6 Å². The zero-order chi connectivity index (χ0) is 17.0. The van der Waals surface area contributed by atoms with Crippen molar-refractivity contribution in [1.29, 1.82) is 0 Å². The summed E-state index contributed by atoms with van der Waals surface area (Å²) < 4.78 is 27.1. The molecule has 2 aliphatic rings. The smallest absolute Gasteiger partial charge is 0.256 e. The van der Waals surface area contributed by atoms with Crippen LogP contribution in [0.15, 0.2) is 46.8 Å². The number of hydrogen-bond acceptors (Lipinski definition) is 7. The quantitative estimate of drug-likeness (QED) is 0.689. The number of hydrogen-bond donors (Lipinski definition) is 2. The van der Waals surface area contributed by atoms with E-state index in [4.69, 9.17) is 0 Å². The van der Waals surface area contributed by atoms with E-state index in [1.165, 1.54) is 0 Å². The molecule has 0 bridgehead atoms. The van der Waals surface area contributed by atoms with Gasteiger partial charge in [-0.25, -0.2) is 18.4 Å². The standard InChI is InChI=1S/C14H16N6O3S/c21-13(15-6-7-18-14-16-4-2-5-17-14)11-3-1-8-20-9-10-24(22,23)19-12(11)20/h1-5,8H,6-7,9-10H2,(H,15,21)(H,16,17,18). The number of amides is 1. The van der Waals surface area contributed by atoms with Crippen LogP contribution in [-0.2, 0) is 14.8 Å². The average molecular weight is 348 g/mol. The van der Waals surface area contributed by atoms with E-state index in [0.29, 0.717) is 19.0 Å². The molecule has 0 atom stereocenters. The van der Waals surface area contributed by atoms with E-state index in [-0.39, 0.29) is 29.6 Å². The molecule has 1 aromatic heterocycles. The van der Waals surface area contributed by atoms with Crippen molar-refractivity contribution < 1.29 is 13.2 Å². The maximum absolute atomic E-state index is 12.3. The minimum absolute atomic E-state index is 0.0588. The maximum atomic E-state index is 12.3. The van der Waals surface area contributed by atoms with Crippen molar-refractivity contribution in [3.63, 3.8) is 0 Å². The van der Waals surface area contributed by atoms with E-state index in [1.54, 1.807) is 41.7 Å². The molecule has 0 saturated heterocycles. The van der Waals surface area contributed by atoms with Crippen molar-refractivity contribution in [2.75, 3.05) is 30.7 Å². The molecule has 9 nitrogen and oxygen atoms in total. The minimum Gasteiger partial charge on any atom is -0.352 e. The minimum atomic E-state index is -3.52. The van der Waals surface area contributed by atoms with Crippen molar-refractivity contribution in [2.45, 2.75) is 0 Å². The number of allylic oxidation sites excluding steroid dienone is 2. The first-order chi connectivity index (χ1) is 11.6. The van der Waals surface area contributed by atoms with Crippen LogP contribution in [0, 0.1) is 0 Å². The van der Waals surface area contributed by atoms with Gasteiger partial charge >= 0.3 is 0 Å². The summed E-state index contributed by atoms with van der Waals surface area (Å²) in [5.74, 6) is 0.202. The van der Waals surface area contributed by atoms with Crippen LogP contribution in [0.4, 0.5) is 5.95 Å². The number of rotatable bonds is 5. The van der Waals surface area contributed by atoms with Gasteiger partial charge in [0.2, 0.25) is 5.95 Å². The highest BCUT2D eigenvalue weighted by atomic mass is 32.2. The Balaban J connectivity index is 1.59. The number of carbonyl (C=O) groups excluding carboxylic acids is 1. The van der Waals surface area contributed by atoms with E-state index in [0.717, 1.165) is 0 Å². The highest BCUT2D eigenvalue weighted by Gasteiger charge is 2.29. The molecule has 0 aromatic carbocycles. The first kappa shape index (κ1) is 16.1. The number of sulfonamides is 1. The van der Waals surface area contributed by atoms with E-state index in [9.17, 15) is 13.2 Å². The van der Waals surface area contributed by atoms with Gasteiger partial charge in [0.15, 0.2) is 5.84 Å². The Labute approximate surface area is 139 Å². The van der Waals surface area contributed by atoms with Crippen LogP contribution in [-0.4, -0.2) is 60.4 Å². The Kier molecular flexibility index (Phi) is 4.56. The second-order valence-electron chi connectivity index (χ2n) is 5.07. The number of fused-ring (bicyclic) bond motifs is 1. The van der Waals surface area contributed by atoms with Crippen molar-refractivity contribution in [2.24, 2.45) is 4.40 Å². The van der Waals surface area contributed by atoms with Gasteiger partial charge in [0.25, 0.3) is 15.9 Å². The summed E-state index contributed by atoms with van der Waals surface area (Å²) in [6.45, 7) is 1.06. The molecule has 0 spiro atoms. The molecule has 3 heterocycles. The molecule has 3 rings (SSSR count). The maximum Gasteiger partial charge on any atom is 0.256 e. The largest absolute Gasteiger partial charge is 0.352 e. The highest BCUT2D eigenvalue weighted by Crippen LogP contribution is 2.17. The van der Waals surface area contributed by atoms with Gasteiger partial charge in [0.1, 0.15) is 0 Å². The summed E-state index contributed by atoms with van der Waals surface area (Å²) in [5.41, 5.74) is 0.233. The Morgan fingerprint density at radius 1 is 1.25 bits per heavy atom. The predicted octanol–water partition coefficient (Wildman–Crippen LogP) is -0.498. The lowest BCUT2D eigenvalue weighted by Crippen LogP contribution is -2.42. The second-order valence-corrected chi connectivity index (χ2v) is 6.83. The third kappa shape index (κ3) is 3.77. The van der Waals surface area contributed by atoms with Gasteiger partial charge in [-0.15, -0.1) is 4.40 Å². The molecule has 1 amide bonds. The molecule has 0 unspecified atom stereocenters. The Hall–Kier alpha value is -2.75. The molecule has 10 heteroatoms. The zero-order valence-electron chi connectivity index (χ0n) is 12.7. The number of anilines is 1. The van der Waals surface area contributed by atoms with Gasteiger partial charge in [-0.05, 0) is 18.2 Å². The lowest BCUT2D eigenvalue weighted by molar-refractivity contribution is -0.117. The fourth-order valence-electron chi connectivity index (χ4n) is 2.23. The average Bonchev–Trinajstić information content (AvgIpc) is 2.58. The van der Waals surface area contributed by atoms with Crippen LogP contribution in [0.25, 0.3) is 0 Å². The fourth-order valence-corrected chi connectivity index (χ4v) is 3.21. The predicted molar refractivity (Wildman–Crippen MR) is 88.7 cm³/mol. The third-order valence-electron chi connectivity index (χ3n) is 3.36. The SMILES string of the molecule is O=C(NCCNc1ncccn1)C1=CC=CN2CCS(=O)(=O)N=C12. The first-order valence-corrected chi connectivity index (χ1v) is 8.93. The zero-order valence-corrected chi connectivity index (χ0v) is 13.5. The van der Waals surface area contributed by atoms with Gasteiger partial charge in [-0.3, -0.25) is 4.79 Å². The Morgan fingerprint density at radius 3 is 2.83 bits per heavy atom. The number of carbonyl (C=O) groups is 1.